The number of piperidine rings is 2. The second-order valence-electron chi connectivity index (χ2n) is 15.2. The maximum atomic E-state index is 13.7. The molecule has 1 aromatic heterocycles. The molecule has 306 valence electrons. The number of amides is 4. The van der Waals surface area contributed by atoms with E-state index in [1.807, 2.05) is 26.0 Å². The van der Waals surface area contributed by atoms with E-state index in [4.69, 9.17) is 17.0 Å². The van der Waals surface area contributed by atoms with Gasteiger partial charge < -0.3 is 20.3 Å². The van der Waals surface area contributed by atoms with Gasteiger partial charge in [0, 0.05) is 23.5 Å². The molecule has 0 bridgehead atoms. The summed E-state index contributed by atoms with van der Waals surface area (Å²) < 4.78 is 47.5. The summed E-state index contributed by atoms with van der Waals surface area (Å²) in [6.07, 6.45) is 0.0740. The van der Waals surface area contributed by atoms with Gasteiger partial charge in [0.1, 0.15) is 23.4 Å². The van der Waals surface area contributed by atoms with Crippen LogP contribution in [0.2, 0.25) is 0 Å². The maximum absolute atomic E-state index is 13.7. The number of aromatic nitrogens is 1. The van der Waals surface area contributed by atoms with E-state index in [9.17, 15) is 37.6 Å². The van der Waals surface area contributed by atoms with Crippen molar-refractivity contribution < 1.29 is 37.1 Å². The predicted octanol–water partition coefficient (Wildman–Crippen LogP) is 6.18. The normalized spacial score (nSPS) is 19.4. The molecule has 4 amide bonds. The van der Waals surface area contributed by atoms with E-state index in [1.54, 1.807) is 49.1 Å². The number of thiocarbonyl (C=S) groups is 1. The molecule has 58 heavy (non-hydrogen) atoms. The van der Waals surface area contributed by atoms with E-state index in [-0.39, 0.29) is 41.0 Å². The number of pyridine rings is 1. The van der Waals surface area contributed by atoms with Gasteiger partial charge in [-0.25, -0.2) is 4.98 Å². The molecular formula is C41H45F3N8O5S. The van der Waals surface area contributed by atoms with Crippen LogP contribution in [0.3, 0.4) is 0 Å². The molecule has 4 heterocycles. The molecule has 1 unspecified atom stereocenters. The predicted molar refractivity (Wildman–Crippen MR) is 215 cm³/mol. The first kappa shape index (κ1) is 42.0. The number of hydrogen-bond acceptors (Lipinski definition) is 10. The summed E-state index contributed by atoms with van der Waals surface area (Å²) in [6.45, 7) is 9.12. The highest BCUT2D eigenvalue weighted by atomic mass is 32.1. The number of halogens is 3. The highest BCUT2D eigenvalue weighted by Gasteiger charge is 2.51. The lowest BCUT2D eigenvalue weighted by molar-refractivity contribution is -0.138. The van der Waals surface area contributed by atoms with Crippen LogP contribution in [0.25, 0.3) is 0 Å². The van der Waals surface area contributed by atoms with Crippen molar-refractivity contribution in [3.8, 4) is 11.8 Å². The van der Waals surface area contributed by atoms with Gasteiger partial charge in [0.2, 0.25) is 17.7 Å². The second kappa shape index (κ2) is 17.1. The Morgan fingerprint density at radius 3 is 2.48 bits per heavy atom. The van der Waals surface area contributed by atoms with Gasteiger partial charge in [0.05, 0.1) is 30.1 Å². The molecule has 13 nitrogen and oxygen atoms in total. The average molecular weight is 819 g/mol. The number of hydrogen-bond donors (Lipinski definition) is 3. The number of carbonyl (C=O) groups is 4. The number of carbonyl (C=O) groups excluding carboxylic acids is 4. The van der Waals surface area contributed by atoms with Gasteiger partial charge in [0.15, 0.2) is 10.8 Å². The number of rotatable bonds is 12. The lowest BCUT2D eigenvalue weighted by atomic mass is 9.93. The van der Waals surface area contributed by atoms with Crippen molar-refractivity contribution in [3.05, 3.63) is 71.5 Å². The first-order valence-electron chi connectivity index (χ1n) is 19.2. The number of imide groups is 1. The SMILES string of the molecule is CCc1cc(N2C(=S)N(c3cnc(C#N)c(C(F)(F)F)c3)C(=O)C2(C)C)ccc1OCCC1CCN(C(C)C(=O)Nc2cccc(N[C@H]3CCC(=O)NC3=O)c2)CC1. The molecule has 2 atom stereocenters. The van der Waals surface area contributed by atoms with Crippen molar-refractivity contribution in [3.63, 3.8) is 0 Å². The van der Waals surface area contributed by atoms with Crippen molar-refractivity contribution in [2.24, 2.45) is 5.92 Å². The van der Waals surface area contributed by atoms with Crippen molar-refractivity contribution in [1.82, 2.24) is 15.2 Å². The summed E-state index contributed by atoms with van der Waals surface area (Å²) >= 11 is 5.69. The van der Waals surface area contributed by atoms with Crippen LogP contribution in [-0.4, -0.2) is 75.9 Å². The van der Waals surface area contributed by atoms with E-state index >= 15 is 0 Å². The molecule has 3 aliphatic rings. The molecule has 3 aromatic rings. The van der Waals surface area contributed by atoms with Crippen molar-refractivity contribution in [2.45, 2.75) is 90.0 Å². The zero-order valence-electron chi connectivity index (χ0n) is 32.6. The van der Waals surface area contributed by atoms with E-state index in [2.05, 4.69) is 25.8 Å². The summed E-state index contributed by atoms with van der Waals surface area (Å²) in [4.78, 5) is 59.0. The van der Waals surface area contributed by atoms with E-state index < -0.39 is 34.9 Å². The fourth-order valence-electron chi connectivity index (χ4n) is 7.56. The van der Waals surface area contributed by atoms with Gasteiger partial charge >= 0.3 is 6.18 Å². The second-order valence-corrected chi connectivity index (χ2v) is 15.5. The van der Waals surface area contributed by atoms with Crippen LogP contribution in [0.1, 0.15) is 76.6 Å². The number of nitrogens with one attached hydrogen (secondary N) is 3. The van der Waals surface area contributed by atoms with Crippen LogP contribution in [-0.2, 0) is 31.8 Å². The smallest absolute Gasteiger partial charge is 0.419 e. The van der Waals surface area contributed by atoms with Gasteiger partial charge in [-0.15, -0.1) is 0 Å². The molecule has 3 fully saturated rings. The molecule has 17 heteroatoms. The van der Waals surface area contributed by atoms with E-state index in [1.165, 1.54) is 6.07 Å². The Hall–Kier alpha value is -5.60. The minimum absolute atomic E-state index is 0.0166. The molecule has 2 aromatic carbocycles. The van der Waals surface area contributed by atoms with Crippen LogP contribution < -0.4 is 30.5 Å². The number of alkyl halides is 3. The number of anilines is 4. The highest BCUT2D eigenvalue weighted by Crippen LogP contribution is 2.40. The third-order valence-corrected chi connectivity index (χ3v) is 11.3. The fraction of sp³-hybridized carbons (Fsp3) is 0.439. The van der Waals surface area contributed by atoms with E-state index in [0.717, 1.165) is 55.1 Å². The van der Waals surface area contributed by atoms with E-state index in [0.29, 0.717) is 48.2 Å². The number of nitrogens with zero attached hydrogens (tertiary/aromatic N) is 5. The summed E-state index contributed by atoms with van der Waals surface area (Å²) in [6, 6.07) is 13.9. The van der Waals surface area contributed by atoms with Crippen LogP contribution in [0.5, 0.6) is 5.75 Å². The molecule has 0 saturated carbocycles. The van der Waals surface area contributed by atoms with Crippen LogP contribution in [0.4, 0.5) is 35.9 Å². The third kappa shape index (κ3) is 8.92. The van der Waals surface area contributed by atoms with Gasteiger partial charge in [-0.2, -0.15) is 18.4 Å². The minimum Gasteiger partial charge on any atom is -0.493 e. The zero-order chi connectivity index (χ0) is 41.9. The molecule has 3 N–H and O–H groups in total. The van der Waals surface area contributed by atoms with Gasteiger partial charge in [-0.05, 0) is 132 Å². The number of ether oxygens (including phenoxy) is 1. The van der Waals surface area contributed by atoms with Crippen molar-refractivity contribution in [1.29, 1.82) is 5.26 Å². The molecule has 0 radical (unpaired) electrons. The Bertz CT molecular complexity index is 2150. The topological polar surface area (TPSA) is 160 Å². The van der Waals surface area contributed by atoms with Gasteiger partial charge in [0.25, 0.3) is 5.91 Å². The molecule has 6 rings (SSSR count). The lowest BCUT2D eigenvalue weighted by Gasteiger charge is -2.35. The molecule has 3 aliphatic heterocycles. The van der Waals surface area contributed by atoms with Crippen LogP contribution in [0.15, 0.2) is 54.7 Å². The first-order valence-corrected chi connectivity index (χ1v) is 19.6. The van der Waals surface area contributed by atoms with Gasteiger partial charge in [-0.1, -0.05) is 13.0 Å². The maximum Gasteiger partial charge on any atom is 0.419 e. The highest BCUT2D eigenvalue weighted by molar-refractivity contribution is 7.81. The fourth-order valence-corrected chi connectivity index (χ4v) is 8.08. The lowest BCUT2D eigenvalue weighted by Crippen LogP contribution is -2.47. The number of likely N-dealkylation sites (tertiary alicyclic amines) is 1. The van der Waals surface area contributed by atoms with Crippen molar-refractivity contribution in [2.75, 3.05) is 40.1 Å². The first-order chi connectivity index (χ1) is 27.5. The average Bonchev–Trinajstić information content (AvgIpc) is 3.37. The zero-order valence-corrected chi connectivity index (χ0v) is 33.4. The number of benzene rings is 2. The quantitative estimate of drug-likeness (QED) is 0.142. The van der Waals surface area contributed by atoms with Crippen LogP contribution >= 0.6 is 12.2 Å². The van der Waals surface area contributed by atoms with Gasteiger partial charge in [-0.3, -0.25) is 34.3 Å². The summed E-state index contributed by atoms with van der Waals surface area (Å²) in [5.74, 6) is -0.234. The number of nitriles is 1. The Labute approximate surface area is 339 Å². The van der Waals surface area contributed by atoms with Crippen LogP contribution in [0, 0.1) is 17.2 Å². The Balaban J connectivity index is 1.01. The Morgan fingerprint density at radius 2 is 1.81 bits per heavy atom. The number of aryl methyl sites for hydroxylation is 1. The molecule has 3 saturated heterocycles. The third-order valence-electron chi connectivity index (χ3n) is 11.0. The minimum atomic E-state index is -4.86. The van der Waals surface area contributed by atoms with Crippen molar-refractivity contribution >= 4 is 63.7 Å². The standard InChI is InChI=1S/C41H45F3N8O5S/c1-5-26-19-29(52-39(58)51(38(56)40(52,3)4)30-21-31(41(42,43)44)33(22-45)46-23-30)9-11-34(26)57-18-15-25-13-16-50(17-14-25)24(2)36(54)48-28-8-6-7-27(20-28)47-32-10-12-35(53)49-37(32)55/h6-9,11,19-21,23-25,32,47H,5,10,12-18H2,1-4H3,(H,48,54)(H,49,53,55)/t24?,32-/m0/s1. The molecule has 0 spiro atoms. The summed E-state index contributed by atoms with van der Waals surface area (Å²) in [7, 11) is 0. The molecule has 0 aliphatic carbocycles. The summed E-state index contributed by atoms with van der Waals surface area (Å²) in [5, 5.41) is 17.6. The Morgan fingerprint density at radius 1 is 1.09 bits per heavy atom. The monoisotopic (exact) mass is 818 g/mol. The molecular weight excluding hydrogens is 774 g/mol. The Kier molecular flexibility index (Phi) is 12.4. The largest absolute Gasteiger partial charge is 0.493 e. The summed E-state index contributed by atoms with van der Waals surface area (Å²) in [5.41, 5.74) is -0.752.